The third-order valence-electron chi connectivity index (χ3n) is 3.98. The zero-order chi connectivity index (χ0) is 14.4. The molecule has 2 atom stereocenters. The average Bonchev–Trinajstić information content (AvgIpc) is 2.82. The van der Waals surface area contributed by atoms with Gasteiger partial charge in [0.2, 0.25) is 11.6 Å². The number of hydrogen-bond acceptors (Lipinski definition) is 2. The lowest BCUT2D eigenvalue weighted by molar-refractivity contribution is -0.307. The van der Waals surface area contributed by atoms with Gasteiger partial charge in [-0.25, -0.2) is 0 Å². The molecule has 2 aliphatic rings. The quantitative estimate of drug-likeness (QED) is 0.793. The van der Waals surface area contributed by atoms with Gasteiger partial charge in [-0.3, -0.25) is 9.69 Å². The van der Waals surface area contributed by atoms with Crippen molar-refractivity contribution < 1.29 is 22.7 Å². The summed E-state index contributed by atoms with van der Waals surface area (Å²) in [6, 6.07) is 8.07. The van der Waals surface area contributed by atoms with Crippen LogP contribution in [0.5, 0.6) is 0 Å². The fraction of sp³-hybridized carbons (Fsp3) is 0.500. The molecule has 0 aromatic heterocycles. The normalized spacial score (nSPS) is 30.4. The number of halogens is 3. The van der Waals surface area contributed by atoms with Gasteiger partial charge in [0.05, 0.1) is 12.6 Å². The van der Waals surface area contributed by atoms with Crippen LogP contribution in [0.25, 0.3) is 0 Å². The Bertz CT molecular complexity index is 517. The Morgan fingerprint density at radius 1 is 1.25 bits per heavy atom. The average molecular weight is 285 g/mol. The summed E-state index contributed by atoms with van der Waals surface area (Å²) in [7, 11) is 0. The van der Waals surface area contributed by atoms with Crippen molar-refractivity contribution in [3.63, 3.8) is 0 Å². The lowest BCUT2D eigenvalue weighted by Crippen LogP contribution is -2.60. The van der Waals surface area contributed by atoms with E-state index in [-0.39, 0.29) is 25.9 Å². The Morgan fingerprint density at radius 2 is 1.95 bits per heavy atom. The summed E-state index contributed by atoms with van der Waals surface area (Å²) in [5.41, 5.74) is -1.77. The number of amides is 1. The van der Waals surface area contributed by atoms with Crippen LogP contribution in [0.3, 0.4) is 0 Å². The maximum absolute atomic E-state index is 13.4. The second-order valence-electron chi connectivity index (χ2n) is 5.14. The molecule has 0 unspecified atom stereocenters. The first-order valence-electron chi connectivity index (χ1n) is 6.53. The molecule has 2 fully saturated rings. The Hall–Kier alpha value is -1.56. The molecule has 2 heterocycles. The van der Waals surface area contributed by atoms with E-state index in [1.807, 2.05) is 0 Å². The van der Waals surface area contributed by atoms with Gasteiger partial charge in [-0.1, -0.05) is 30.3 Å². The minimum Gasteiger partial charge on any atom is -0.345 e. The maximum atomic E-state index is 13.4. The van der Waals surface area contributed by atoms with E-state index in [0.717, 1.165) is 4.90 Å². The molecule has 0 N–H and O–H groups in total. The molecule has 6 heteroatoms. The molecule has 1 aromatic carbocycles. The van der Waals surface area contributed by atoms with Crippen molar-refractivity contribution in [2.75, 3.05) is 6.61 Å². The lowest BCUT2D eigenvalue weighted by Gasteiger charge is -2.43. The summed E-state index contributed by atoms with van der Waals surface area (Å²) in [6.07, 6.45) is -4.42. The molecule has 0 saturated carbocycles. The van der Waals surface area contributed by atoms with Crippen molar-refractivity contribution in [3.8, 4) is 0 Å². The van der Waals surface area contributed by atoms with Crippen LogP contribution in [0.2, 0.25) is 0 Å². The minimum atomic E-state index is -4.58. The molecule has 0 aliphatic carbocycles. The summed E-state index contributed by atoms with van der Waals surface area (Å²) in [4.78, 5) is 13.0. The van der Waals surface area contributed by atoms with Crippen LogP contribution in [0.15, 0.2) is 30.3 Å². The fourth-order valence-electron chi connectivity index (χ4n) is 3.06. The monoisotopic (exact) mass is 285 g/mol. The van der Waals surface area contributed by atoms with Crippen molar-refractivity contribution in [2.45, 2.75) is 37.2 Å². The molecule has 0 radical (unpaired) electrons. The summed E-state index contributed by atoms with van der Waals surface area (Å²) in [5, 5.41) is 0. The van der Waals surface area contributed by atoms with E-state index in [9.17, 15) is 18.0 Å². The van der Waals surface area contributed by atoms with E-state index in [0.29, 0.717) is 5.56 Å². The van der Waals surface area contributed by atoms with E-state index in [1.54, 1.807) is 30.3 Å². The lowest BCUT2D eigenvalue weighted by atomic mass is 9.94. The second kappa shape index (κ2) is 4.48. The van der Waals surface area contributed by atoms with Crippen LogP contribution in [0.1, 0.15) is 30.9 Å². The van der Waals surface area contributed by atoms with Gasteiger partial charge < -0.3 is 4.74 Å². The van der Waals surface area contributed by atoms with Crippen LogP contribution < -0.4 is 0 Å². The zero-order valence-electron chi connectivity index (χ0n) is 10.7. The molecule has 108 valence electrons. The topological polar surface area (TPSA) is 29.5 Å². The third-order valence-corrected chi connectivity index (χ3v) is 3.98. The van der Waals surface area contributed by atoms with Crippen LogP contribution in [0, 0.1) is 0 Å². The summed E-state index contributed by atoms with van der Waals surface area (Å²) in [5.74, 6) is -0.486. The van der Waals surface area contributed by atoms with Crippen molar-refractivity contribution in [2.24, 2.45) is 0 Å². The Morgan fingerprint density at radius 3 is 2.60 bits per heavy atom. The van der Waals surface area contributed by atoms with E-state index in [1.165, 1.54) is 0 Å². The van der Waals surface area contributed by atoms with Gasteiger partial charge in [0, 0.05) is 12.8 Å². The summed E-state index contributed by atoms with van der Waals surface area (Å²) < 4.78 is 45.4. The number of carbonyl (C=O) groups is 1. The highest BCUT2D eigenvalue weighted by molar-refractivity contribution is 5.79. The van der Waals surface area contributed by atoms with Gasteiger partial charge in [-0.2, -0.15) is 13.2 Å². The minimum absolute atomic E-state index is 0.116. The Kier molecular flexibility index (Phi) is 3.01. The van der Waals surface area contributed by atoms with Crippen LogP contribution in [0.4, 0.5) is 13.2 Å². The van der Waals surface area contributed by atoms with Crippen molar-refractivity contribution in [1.29, 1.82) is 0 Å². The van der Waals surface area contributed by atoms with Crippen LogP contribution in [-0.2, 0) is 9.53 Å². The Balaban J connectivity index is 2.03. The van der Waals surface area contributed by atoms with Crippen LogP contribution in [-0.4, -0.2) is 29.3 Å². The first kappa shape index (κ1) is 13.4. The fourth-order valence-corrected chi connectivity index (χ4v) is 3.06. The molecule has 2 aliphatic heterocycles. The Labute approximate surface area is 114 Å². The molecule has 2 saturated heterocycles. The van der Waals surface area contributed by atoms with Crippen molar-refractivity contribution in [1.82, 2.24) is 4.90 Å². The number of rotatable bonds is 1. The van der Waals surface area contributed by atoms with Crippen LogP contribution >= 0.6 is 0 Å². The summed E-state index contributed by atoms with van der Waals surface area (Å²) in [6.45, 7) is -0.116. The van der Waals surface area contributed by atoms with E-state index in [2.05, 4.69) is 0 Å². The molecule has 0 bridgehead atoms. The molecule has 1 aromatic rings. The molecular weight excluding hydrogens is 271 g/mol. The van der Waals surface area contributed by atoms with Crippen molar-refractivity contribution in [3.05, 3.63) is 35.9 Å². The number of alkyl halides is 3. The first-order valence-corrected chi connectivity index (χ1v) is 6.53. The van der Waals surface area contributed by atoms with Gasteiger partial charge >= 0.3 is 6.18 Å². The number of hydrogen-bond donors (Lipinski definition) is 0. The van der Waals surface area contributed by atoms with Gasteiger partial charge in [0.25, 0.3) is 0 Å². The van der Waals surface area contributed by atoms with E-state index in [4.69, 9.17) is 4.74 Å². The number of benzene rings is 1. The number of ether oxygens (including phenoxy) is 1. The standard InChI is InChI=1S/C14H14F3NO2/c15-14(16,17)13-8-4-7-12(19)18(13)11(9-20-13)10-5-2-1-3-6-10/h1-3,5-6,11H,4,7-9H2/t11-,13+/m1/s1. The number of nitrogens with zero attached hydrogens (tertiary/aromatic N) is 1. The third kappa shape index (κ3) is 1.82. The smallest absolute Gasteiger partial charge is 0.345 e. The number of fused-ring (bicyclic) bond motifs is 1. The second-order valence-corrected chi connectivity index (χ2v) is 5.14. The van der Waals surface area contributed by atoms with Gasteiger partial charge in [0.1, 0.15) is 0 Å². The number of piperidine rings is 1. The molecule has 20 heavy (non-hydrogen) atoms. The highest BCUT2D eigenvalue weighted by atomic mass is 19.4. The first-order chi connectivity index (χ1) is 9.46. The summed E-state index contributed by atoms with van der Waals surface area (Å²) >= 11 is 0. The molecule has 1 amide bonds. The zero-order valence-corrected chi connectivity index (χ0v) is 10.7. The SMILES string of the molecule is O=C1CCC[C@@]2(C(F)(F)F)OC[C@H](c3ccccc3)N12. The van der Waals surface area contributed by atoms with E-state index >= 15 is 0 Å². The molecular formula is C14H14F3NO2. The van der Waals surface area contributed by atoms with Gasteiger partial charge in [0.15, 0.2) is 0 Å². The maximum Gasteiger partial charge on any atom is 0.436 e. The molecule has 0 spiro atoms. The van der Waals surface area contributed by atoms with E-state index < -0.39 is 23.9 Å². The predicted molar refractivity (Wildman–Crippen MR) is 64.6 cm³/mol. The number of carbonyl (C=O) groups excluding carboxylic acids is 1. The van der Waals surface area contributed by atoms with Gasteiger partial charge in [-0.15, -0.1) is 0 Å². The highest BCUT2D eigenvalue weighted by Gasteiger charge is 2.67. The van der Waals surface area contributed by atoms with Gasteiger partial charge in [-0.05, 0) is 12.0 Å². The largest absolute Gasteiger partial charge is 0.436 e. The highest BCUT2D eigenvalue weighted by Crippen LogP contribution is 2.51. The molecule has 3 rings (SSSR count). The van der Waals surface area contributed by atoms with Crippen molar-refractivity contribution >= 4 is 5.91 Å². The predicted octanol–water partition coefficient (Wildman–Crippen LogP) is 3.03. The molecule has 3 nitrogen and oxygen atoms in total.